The fourth-order valence-electron chi connectivity index (χ4n) is 6.24. The van der Waals surface area contributed by atoms with Gasteiger partial charge >= 0.3 is 11.9 Å². The van der Waals surface area contributed by atoms with E-state index in [1.165, 1.54) is 0 Å². The average molecular weight is 505 g/mol. The van der Waals surface area contributed by atoms with Crippen molar-refractivity contribution in [3.8, 4) is 0 Å². The van der Waals surface area contributed by atoms with Crippen molar-refractivity contribution in [2.24, 2.45) is 0 Å². The van der Waals surface area contributed by atoms with Gasteiger partial charge in [0.15, 0.2) is 17.8 Å². The van der Waals surface area contributed by atoms with Crippen LogP contribution in [0.25, 0.3) is 0 Å². The van der Waals surface area contributed by atoms with E-state index in [4.69, 9.17) is 14.2 Å². The van der Waals surface area contributed by atoms with Gasteiger partial charge in [0.1, 0.15) is 0 Å². The molecule has 0 fully saturated rings. The van der Waals surface area contributed by atoms with Gasteiger partial charge in [0, 0.05) is 6.61 Å². The van der Waals surface area contributed by atoms with E-state index >= 15 is 0 Å². The van der Waals surface area contributed by atoms with Crippen LogP contribution in [0.4, 0.5) is 0 Å². The maximum atomic E-state index is 13.5. The Morgan fingerprint density at radius 2 is 1.00 bits per heavy atom. The smallest absolute Gasteiger partial charge is 0.338 e. The summed E-state index contributed by atoms with van der Waals surface area (Å²) in [5, 5.41) is 0. The van der Waals surface area contributed by atoms with Crippen molar-refractivity contribution in [2.45, 2.75) is 37.1 Å². The third-order valence-electron chi connectivity index (χ3n) is 7.88. The molecular formula is C33H28O5. The van der Waals surface area contributed by atoms with Gasteiger partial charge in [-0.25, -0.2) is 9.59 Å². The summed E-state index contributed by atoms with van der Waals surface area (Å²) in [5.74, 6) is -0.978. The minimum Gasteiger partial charge on any atom is -0.453 e. The topological polar surface area (TPSA) is 61.8 Å². The molecule has 190 valence electrons. The Hall–Kier alpha value is -4.22. The average Bonchev–Trinajstić information content (AvgIpc) is 2.97. The molecule has 0 saturated carbocycles. The normalized spacial score (nSPS) is 24.7. The zero-order valence-electron chi connectivity index (χ0n) is 21.3. The Kier molecular flexibility index (Phi) is 5.88. The molecule has 4 aromatic carbocycles. The van der Waals surface area contributed by atoms with Crippen LogP contribution in [0.3, 0.4) is 0 Å². The minimum atomic E-state index is -1.16. The Bertz CT molecular complexity index is 1450. The number of hydrogen-bond donors (Lipinski definition) is 0. The van der Waals surface area contributed by atoms with Gasteiger partial charge in [0.2, 0.25) is 0 Å². The molecule has 7 rings (SSSR count). The number of benzene rings is 4. The second-order valence-corrected chi connectivity index (χ2v) is 9.85. The van der Waals surface area contributed by atoms with E-state index < -0.39 is 35.2 Å². The molecule has 0 saturated heterocycles. The van der Waals surface area contributed by atoms with E-state index in [9.17, 15) is 9.59 Å². The summed E-state index contributed by atoms with van der Waals surface area (Å²) in [4.78, 5) is 27.1. The van der Waals surface area contributed by atoms with E-state index in [-0.39, 0.29) is 0 Å². The first kappa shape index (κ1) is 24.1. The summed E-state index contributed by atoms with van der Waals surface area (Å²) < 4.78 is 19.4. The van der Waals surface area contributed by atoms with Crippen molar-refractivity contribution in [3.05, 3.63) is 143 Å². The van der Waals surface area contributed by atoms with Gasteiger partial charge in [-0.05, 0) is 60.4 Å². The standard InChI is InChI=1S/C33H28O5/c1-3-36-33-26-20-12-10-18-24(26)32(2,25-19-11-13-21-27(25)33)28(37-30(34)22-14-6-4-7-15-22)29(33)38-31(35)23-16-8-5-9-17-23/h4-21,28-29H,3H2,1-2H3. The lowest BCUT2D eigenvalue weighted by atomic mass is 9.51. The van der Waals surface area contributed by atoms with Crippen LogP contribution in [-0.2, 0) is 25.2 Å². The highest BCUT2D eigenvalue weighted by Gasteiger charge is 2.68. The van der Waals surface area contributed by atoms with Gasteiger partial charge in [0.25, 0.3) is 0 Å². The lowest BCUT2D eigenvalue weighted by molar-refractivity contribution is -0.176. The number of rotatable bonds is 6. The summed E-state index contributed by atoms with van der Waals surface area (Å²) in [6.07, 6.45) is -1.78. The third-order valence-corrected chi connectivity index (χ3v) is 7.88. The van der Waals surface area contributed by atoms with Crippen LogP contribution in [0.5, 0.6) is 0 Å². The number of carbonyl (C=O) groups is 2. The monoisotopic (exact) mass is 504 g/mol. The summed E-state index contributed by atoms with van der Waals surface area (Å²) in [6, 6.07) is 33.8. The van der Waals surface area contributed by atoms with Crippen LogP contribution in [-0.4, -0.2) is 30.8 Å². The van der Waals surface area contributed by atoms with Crippen LogP contribution in [0.15, 0.2) is 109 Å². The maximum Gasteiger partial charge on any atom is 0.338 e. The predicted octanol–water partition coefficient (Wildman–Crippen LogP) is 6.05. The van der Waals surface area contributed by atoms with Gasteiger partial charge in [0.05, 0.1) is 16.5 Å². The van der Waals surface area contributed by atoms with E-state index in [1.807, 2.05) is 55.5 Å². The fourth-order valence-corrected chi connectivity index (χ4v) is 6.24. The first-order chi connectivity index (χ1) is 18.5. The van der Waals surface area contributed by atoms with Crippen molar-refractivity contribution < 1.29 is 23.8 Å². The predicted molar refractivity (Wildman–Crippen MR) is 143 cm³/mol. The molecule has 3 aliphatic rings. The Labute approximate surface area is 222 Å². The molecule has 5 heteroatoms. The van der Waals surface area contributed by atoms with Gasteiger partial charge in [-0.15, -0.1) is 0 Å². The largest absolute Gasteiger partial charge is 0.453 e. The van der Waals surface area contributed by atoms with Gasteiger partial charge in [-0.3, -0.25) is 0 Å². The molecule has 0 aromatic heterocycles. The molecule has 0 N–H and O–H groups in total. The number of fused-ring (bicyclic) bond motifs is 1. The molecule has 2 bridgehead atoms. The van der Waals surface area contributed by atoms with Gasteiger partial charge in [-0.1, -0.05) is 84.9 Å². The zero-order valence-corrected chi connectivity index (χ0v) is 21.3. The summed E-state index contributed by atoms with van der Waals surface area (Å²) in [7, 11) is 0. The summed E-state index contributed by atoms with van der Waals surface area (Å²) >= 11 is 0. The van der Waals surface area contributed by atoms with Crippen LogP contribution in [0, 0.1) is 0 Å². The lowest BCUT2D eigenvalue weighted by Crippen LogP contribution is -2.68. The molecule has 0 amide bonds. The van der Waals surface area contributed by atoms with Crippen LogP contribution >= 0.6 is 0 Å². The van der Waals surface area contributed by atoms with Gasteiger partial charge in [-0.2, -0.15) is 0 Å². The van der Waals surface area contributed by atoms with E-state index in [1.54, 1.807) is 48.5 Å². The van der Waals surface area contributed by atoms with Crippen molar-refractivity contribution >= 4 is 11.9 Å². The number of ether oxygens (including phenoxy) is 3. The molecule has 0 radical (unpaired) electrons. The van der Waals surface area contributed by atoms with E-state index in [0.717, 1.165) is 22.3 Å². The zero-order chi connectivity index (χ0) is 26.3. The highest BCUT2D eigenvalue weighted by molar-refractivity contribution is 5.91. The molecule has 0 spiro atoms. The Balaban J connectivity index is 1.58. The molecule has 0 heterocycles. The molecule has 38 heavy (non-hydrogen) atoms. The quantitative estimate of drug-likeness (QED) is 0.299. The van der Waals surface area contributed by atoms with E-state index in [0.29, 0.717) is 17.7 Å². The van der Waals surface area contributed by atoms with Crippen molar-refractivity contribution in [3.63, 3.8) is 0 Å². The molecule has 5 nitrogen and oxygen atoms in total. The number of hydrogen-bond acceptors (Lipinski definition) is 5. The second-order valence-electron chi connectivity index (χ2n) is 9.85. The first-order valence-corrected chi connectivity index (χ1v) is 12.9. The Morgan fingerprint density at radius 1 is 0.605 bits per heavy atom. The first-order valence-electron chi connectivity index (χ1n) is 12.9. The molecule has 2 atom stereocenters. The highest BCUT2D eigenvalue weighted by atomic mass is 16.6. The molecular weight excluding hydrogens is 476 g/mol. The summed E-state index contributed by atoms with van der Waals surface area (Å²) in [5.41, 5.74) is 2.71. The third kappa shape index (κ3) is 3.42. The van der Waals surface area contributed by atoms with Crippen molar-refractivity contribution in [2.75, 3.05) is 6.61 Å². The van der Waals surface area contributed by atoms with Gasteiger partial charge < -0.3 is 14.2 Å². The fraction of sp³-hybridized carbons (Fsp3) is 0.212. The van der Waals surface area contributed by atoms with Crippen LogP contribution in [0.2, 0.25) is 0 Å². The molecule has 0 aliphatic heterocycles. The second kappa shape index (κ2) is 9.26. The molecule has 2 unspecified atom stereocenters. The summed E-state index contributed by atoms with van der Waals surface area (Å²) in [6.45, 7) is 4.34. The SMILES string of the molecule is CCOC12c3ccccc3C(C)(c3ccccc31)C(OC(=O)c1ccccc1)C2OC(=O)c1ccccc1. The number of carbonyl (C=O) groups excluding carboxylic acids is 2. The molecule has 3 aliphatic carbocycles. The lowest BCUT2D eigenvalue weighted by Gasteiger charge is -2.59. The van der Waals surface area contributed by atoms with Crippen molar-refractivity contribution in [1.29, 1.82) is 0 Å². The highest BCUT2D eigenvalue weighted by Crippen LogP contribution is 2.61. The number of esters is 2. The van der Waals surface area contributed by atoms with Crippen LogP contribution < -0.4 is 0 Å². The molecule has 4 aromatic rings. The maximum absolute atomic E-state index is 13.5. The van der Waals surface area contributed by atoms with E-state index in [2.05, 4.69) is 19.1 Å². The Morgan fingerprint density at radius 3 is 1.45 bits per heavy atom. The van der Waals surface area contributed by atoms with Crippen molar-refractivity contribution in [1.82, 2.24) is 0 Å². The van der Waals surface area contributed by atoms with Crippen LogP contribution in [0.1, 0.15) is 56.8 Å². The minimum absolute atomic E-state index is 0.359.